The molecule has 0 spiro atoms. The molecule has 39 heavy (non-hydrogen) atoms. The van der Waals surface area contributed by atoms with E-state index in [1.165, 1.54) is 50.3 Å². The van der Waals surface area contributed by atoms with Crippen molar-refractivity contribution in [3.05, 3.63) is 114 Å². The van der Waals surface area contributed by atoms with Crippen LogP contribution in [0.3, 0.4) is 0 Å². The molecular weight excluding hydrogens is 554 g/mol. The fraction of sp³-hybridized carbons (Fsp3) is 0.133. The van der Waals surface area contributed by atoms with Crippen molar-refractivity contribution >= 4 is 23.5 Å². The molecule has 8 nitrogen and oxygen atoms in total. The number of esters is 2. The predicted molar refractivity (Wildman–Crippen MR) is 138 cm³/mol. The molecule has 0 atom stereocenters. The summed E-state index contributed by atoms with van der Waals surface area (Å²) in [6.45, 7) is 3.21. The summed E-state index contributed by atoms with van der Waals surface area (Å²) < 4.78 is 21.1. The molecule has 0 N–H and O–H groups in total. The second kappa shape index (κ2) is 15.8. The van der Waals surface area contributed by atoms with Gasteiger partial charge in [-0.05, 0) is 35.4 Å². The van der Waals surface area contributed by atoms with Gasteiger partial charge in [-0.1, -0.05) is 60.7 Å². The molecule has 0 fully saturated rings. The summed E-state index contributed by atoms with van der Waals surface area (Å²) in [5, 5.41) is 0. The van der Waals surface area contributed by atoms with Gasteiger partial charge >= 0.3 is 11.9 Å². The van der Waals surface area contributed by atoms with Crippen molar-refractivity contribution in [3.8, 4) is 17.2 Å². The van der Waals surface area contributed by atoms with Crippen molar-refractivity contribution in [1.29, 1.82) is 0 Å². The maximum atomic E-state index is 11.3. The minimum absolute atomic E-state index is 0. The van der Waals surface area contributed by atoms with Crippen LogP contribution in [0.1, 0.15) is 25.0 Å². The number of benzene rings is 3. The molecular formula is C30H26O8Zn. The van der Waals surface area contributed by atoms with E-state index >= 15 is 0 Å². The molecule has 4 rings (SSSR count). The molecule has 0 heterocycles. The van der Waals surface area contributed by atoms with Crippen molar-refractivity contribution in [2.24, 2.45) is 0 Å². The zero-order chi connectivity index (χ0) is 27.3. The molecule has 0 unspecified atom stereocenters. The SMILES string of the molecule is CC(=O)Oc1ccc(OC(C)=O)c(OCc2ccccc2)c1.O=C1C=CC(=O)C(OCc2ccccc2)=C1.[Zn]. The zero-order valence-electron chi connectivity index (χ0n) is 21.6. The number of hydrogen-bond donors (Lipinski definition) is 0. The molecule has 3 aromatic carbocycles. The topological polar surface area (TPSA) is 105 Å². The number of hydrogen-bond acceptors (Lipinski definition) is 8. The van der Waals surface area contributed by atoms with Gasteiger partial charge in [0.15, 0.2) is 23.0 Å². The second-order valence-electron chi connectivity index (χ2n) is 7.95. The van der Waals surface area contributed by atoms with Crippen molar-refractivity contribution in [2.45, 2.75) is 27.1 Å². The Labute approximate surface area is 239 Å². The molecule has 0 amide bonds. The van der Waals surface area contributed by atoms with Crippen molar-refractivity contribution < 1.29 is 57.6 Å². The number of rotatable bonds is 8. The summed E-state index contributed by atoms with van der Waals surface area (Å²) in [6.07, 6.45) is 3.67. The summed E-state index contributed by atoms with van der Waals surface area (Å²) >= 11 is 0. The van der Waals surface area contributed by atoms with Gasteiger partial charge in [0.25, 0.3) is 0 Å². The first-order chi connectivity index (χ1) is 18.3. The molecule has 1 aliphatic carbocycles. The number of allylic oxidation sites excluding steroid dienone is 3. The Morgan fingerprint density at radius 1 is 0.667 bits per heavy atom. The first-order valence-electron chi connectivity index (χ1n) is 11.6. The third-order valence-corrected chi connectivity index (χ3v) is 4.82. The molecule has 0 aliphatic heterocycles. The molecule has 0 aromatic heterocycles. The van der Waals surface area contributed by atoms with Gasteiger partial charge in [-0.15, -0.1) is 0 Å². The third kappa shape index (κ3) is 10.9. The standard InChI is InChI=1S/C17H16O5.C13H10O3.Zn/c1-12(18)21-15-8-9-16(22-13(2)19)17(10-15)20-11-14-6-4-3-5-7-14;14-11-6-7-12(15)13(8-11)16-9-10-4-2-1-3-5-10;/h3-10H,11H2,1-2H3;1-8H,9H2;. The van der Waals surface area contributed by atoms with Crippen LogP contribution >= 0.6 is 0 Å². The van der Waals surface area contributed by atoms with Crippen molar-refractivity contribution in [1.82, 2.24) is 0 Å². The van der Waals surface area contributed by atoms with Gasteiger partial charge in [0.1, 0.15) is 19.0 Å². The van der Waals surface area contributed by atoms with E-state index in [9.17, 15) is 19.2 Å². The molecule has 0 saturated heterocycles. The van der Waals surface area contributed by atoms with Crippen LogP contribution < -0.4 is 14.2 Å². The maximum absolute atomic E-state index is 11.3. The summed E-state index contributed by atoms with van der Waals surface area (Å²) in [5.41, 5.74) is 1.92. The third-order valence-electron chi connectivity index (χ3n) is 4.82. The fourth-order valence-electron chi connectivity index (χ4n) is 3.14. The summed E-state index contributed by atoms with van der Waals surface area (Å²) in [7, 11) is 0. The average molecular weight is 580 g/mol. The Balaban J connectivity index is 0.000000279. The maximum Gasteiger partial charge on any atom is 0.308 e. The van der Waals surface area contributed by atoms with Crippen LogP contribution in [0.4, 0.5) is 0 Å². The Morgan fingerprint density at radius 2 is 1.23 bits per heavy atom. The summed E-state index contributed by atoms with van der Waals surface area (Å²) in [4.78, 5) is 44.5. The fourth-order valence-corrected chi connectivity index (χ4v) is 3.14. The molecule has 0 radical (unpaired) electrons. The minimum Gasteiger partial charge on any atom is -0.485 e. The largest absolute Gasteiger partial charge is 0.485 e. The van der Waals surface area contributed by atoms with Crippen molar-refractivity contribution in [3.63, 3.8) is 0 Å². The predicted octanol–water partition coefficient (Wildman–Crippen LogP) is 4.91. The van der Waals surface area contributed by atoms with E-state index in [-0.39, 0.29) is 42.6 Å². The van der Waals surface area contributed by atoms with Gasteiger partial charge in [-0.25, -0.2) is 0 Å². The van der Waals surface area contributed by atoms with Crippen LogP contribution in [0.25, 0.3) is 0 Å². The first kappa shape index (κ1) is 30.9. The minimum atomic E-state index is -0.454. The second-order valence-corrected chi connectivity index (χ2v) is 7.95. The van der Waals surface area contributed by atoms with Gasteiger partial charge in [-0.2, -0.15) is 0 Å². The zero-order valence-corrected chi connectivity index (χ0v) is 24.6. The Morgan fingerprint density at radius 3 is 1.79 bits per heavy atom. The first-order valence-corrected chi connectivity index (χ1v) is 11.6. The molecule has 0 saturated carbocycles. The summed E-state index contributed by atoms with van der Waals surface area (Å²) in [6, 6.07) is 23.6. The normalized spacial score (nSPS) is 11.7. The summed E-state index contributed by atoms with van der Waals surface area (Å²) in [5.74, 6) is -0.336. The van der Waals surface area contributed by atoms with E-state index in [1.54, 1.807) is 0 Å². The van der Waals surface area contributed by atoms with Crippen LogP contribution in [0, 0.1) is 0 Å². The van der Waals surface area contributed by atoms with Gasteiger partial charge in [-0.3, -0.25) is 19.2 Å². The van der Waals surface area contributed by atoms with Crippen LogP contribution in [0.15, 0.2) is 103 Å². The van der Waals surface area contributed by atoms with Crippen molar-refractivity contribution in [2.75, 3.05) is 0 Å². The molecule has 1 aliphatic rings. The van der Waals surface area contributed by atoms with E-state index in [0.29, 0.717) is 24.7 Å². The monoisotopic (exact) mass is 578 g/mol. The van der Waals surface area contributed by atoms with E-state index in [0.717, 1.165) is 11.1 Å². The Bertz CT molecular complexity index is 1350. The molecule has 0 bridgehead atoms. The smallest absolute Gasteiger partial charge is 0.308 e. The molecule has 3 aromatic rings. The van der Waals surface area contributed by atoms with E-state index in [1.807, 2.05) is 60.7 Å². The number of ketones is 2. The van der Waals surface area contributed by atoms with Crippen LogP contribution in [-0.2, 0) is 56.6 Å². The number of carbonyl (C=O) groups is 4. The molecule has 196 valence electrons. The van der Waals surface area contributed by atoms with E-state index < -0.39 is 11.9 Å². The molecule has 9 heteroatoms. The van der Waals surface area contributed by atoms with Gasteiger partial charge in [0.05, 0.1) is 0 Å². The van der Waals surface area contributed by atoms with Crippen LogP contribution in [-0.4, -0.2) is 23.5 Å². The quantitative estimate of drug-likeness (QED) is 0.160. The number of carbonyl (C=O) groups excluding carboxylic acids is 4. The van der Waals surface area contributed by atoms with E-state index in [2.05, 4.69) is 0 Å². The van der Waals surface area contributed by atoms with Crippen LogP contribution in [0.2, 0.25) is 0 Å². The van der Waals surface area contributed by atoms with Crippen LogP contribution in [0.5, 0.6) is 17.2 Å². The Hall–Kier alpha value is -4.36. The van der Waals surface area contributed by atoms with E-state index in [4.69, 9.17) is 18.9 Å². The number of ether oxygens (including phenoxy) is 4. The average Bonchev–Trinajstić information content (AvgIpc) is 2.90. The Kier molecular flexibility index (Phi) is 12.5. The van der Waals surface area contributed by atoms with Gasteiger partial charge < -0.3 is 18.9 Å². The van der Waals surface area contributed by atoms with Gasteiger partial charge in [0.2, 0.25) is 5.78 Å². The van der Waals surface area contributed by atoms with Gasteiger partial charge in [0, 0.05) is 45.5 Å².